The van der Waals surface area contributed by atoms with Crippen LogP contribution in [0, 0.1) is 0 Å². The Morgan fingerprint density at radius 3 is 2.32 bits per heavy atom. The standard InChI is InChI=1S/C13H14ClF3O4S/c1-12(2,3)21-11(18)9-6-4-5-8(10(9)14)7-22(19,20)13(15,16)17/h4-7,10H,1-3H3. The summed E-state index contributed by atoms with van der Waals surface area (Å²) in [6.07, 6.45) is 3.59. The average Bonchev–Trinajstić information content (AvgIpc) is 2.27. The van der Waals surface area contributed by atoms with Gasteiger partial charge in [-0.15, -0.1) is 11.6 Å². The number of rotatable bonds is 2. The summed E-state index contributed by atoms with van der Waals surface area (Å²) in [4.78, 5) is 11.9. The van der Waals surface area contributed by atoms with Gasteiger partial charge in [0.25, 0.3) is 9.84 Å². The summed E-state index contributed by atoms with van der Waals surface area (Å²) in [5.41, 5.74) is -6.75. The number of hydrogen-bond donors (Lipinski definition) is 0. The van der Waals surface area contributed by atoms with Crippen LogP contribution in [0.15, 0.2) is 34.8 Å². The minimum atomic E-state index is -5.49. The SMILES string of the molecule is CC(C)(C)OC(=O)C1=CC=CC(=CS(=O)(=O)C(F)(F)F)C1Cl. The summed E-state index contributed by atoms with van der Waals surface area (Å²) in [6, 6.07) is 0. The number of allylic oxidation sites excluding steroid dienone is 4. The summed E-state index contributed by atoms with van der Waals surface area (Å²) < 4.78 is 64.5. The third-order valence-electron chi connectivity index (χ3n) is 2.38. The fraction of sp³-hybridized carbons (Fsp3) is 0.462. The zero-order valence-electron chi connectivity index (χ0n) is 11.9. The molecule has 0 saturated carbocycles. The van der Waals surface area contributed by atoms with Crippen molar-refractivity contribution in [2.75, 3.05) is 0 Å². The summed E-state index contributed by atoms with van der Waals surface area (Å²) in [7, 11) is -5.49. The Morgan fingerprint density at radius 2 is 1.86 bits per heavy atom. The number of esters is 1. The molecule has 0 aromatic rings. The average molecular weight is 359 g/mol. The number of carbonyl (C=O) groups is 1. The largest absolute Gasteiger partial charge is 0.501 e. The number of sulfone groups is 1. The normalized spacial score (nSPS) is 21.7. The third kappa shape index (κ3) is 4.61. The summed E-state index contributed by atoms with van der Waals surface area (Å²) in [5.74, 6) is -0.827. The molecule has 22 heavy (non-hydrogen) atoms. The van der Waals surface area contributed by atoms with Crippen molar-refractivity contribution < 1.29 is 31.1 Å². The van der Waals surface area contributed by atoms with Gasteiger partial charge in [-0.05, 0) is 32.4 Å². The molecule has 0 heterocycles. The molecule has 0 spiro atoms. The lowest BCUT2D eigenvalue weighted by molar-refractivity contribution is -0.149. The second-order valence-electron chi connectivity index (χ2n) is 5.45. The third-order valence-corrected chi connectivity index (χ3v) is 4.09. The number of alkyl halides is 4. The molecular weight excluding hydrogens is 345 g/mol. The van der Waals surface area contributed by atoms with E-state index in [-0.39, 0.29) is 16.6 Å². The van der Waals surface area contributed by atoms with Crippen LogP contribution in [0.25, 0.3) is 0 Å². The van der Waals surface area contributed by atoms with E-state index in [1.165, 1.54) is 12.2 Å². The quantitative estimate of drug-likeness (QED) is 0.561. The Morgan fingerprint density at radius 1 is 1.32 bits per heavy atom. The molecule has 1 unspecified atom stereocenters. The fourth-order valence-corrected chi connectivity index (χ4v) is 2.54. The first-order valence-electron chi connectivity index (χ1n) is 6.03. The van der Waals surface area contributed by atoms with Crippen LogP contribution in [-0.4, -0.2) is 30.9 Å². The number of hydrogen-bond acceptors (Lipinski definition) is 4. The van der Waals surface area contributed by atoms with Crippen LogP contribution in [0.3, 0.4) is 0 Å². The molecule has 0 fully saturated rings. The topological polar surface area (TPSA) is 60.4 Å². The first-order valence-corrected chi connectivity index (χ1v) is 8.01. The van der Waals surface area contributed by atoms with Crippen LogP contribution >= 0.6 is 11.6 Å². The van der Waals surface area contributed by atoms with Crippen LogP contribution in [0.1, 0.15) is 20.8 Å². The molecule has 4 nitrogen and oxygen atoms in total. The van der Waals surface area contributed by atoms with E-state index in [0.717, 1.165) is 6.08 Å². The molecule has 1 atom stereocenters. The van der Waals surface area contributed by atoms with E-state index in [4.69, 9.17) is 16.3 Å². The van der Waals surface area contributed by atoms with Crippen molar-refractivity contribution in [3.63, 3.8) is 0 Å². The highest BCUT2D eigenvalue weighted by Crippen LogP contribution is 2.31. The van der Waals surface area contributed by atoms with Gasteiger partial charge in [-0.3, -0.25) is 0 Å². The van der Waals surface area contributed by atoms with Crippen LogP contribution in [0.2, 0.25) is 0 Å². The van der Waals surface area contributed by atoms with Gasteiger partial charge in [-0.25, -0.2) is 13.2 Å². The monoisotopic (exact) mass is 358 g/mol. The van der Waals surface area contributed by atoms with E-state index in [1.54, 1.807) is 20.8 Å². The summed E-state index contributed by atoms with van der Waals surface area (Å²) in [6.45, 7) is 4.83. The highest BCUT2D eigenvalue weighted by molar-refractivity contribution is 7.95. The molecule has 124 valence electrons. The minimum absolute atomic E-state index is 0.0124. The van der Waals surface area contributed by atoms with Gasteiger partial charge in [-0.2, -0.15) is 13.2 Å². The summed E-state index contributed by atoms with van der Waals surface area (Å²) in [5, 5.41) is -1.34. The lowest BCUT2D eigenvalue weighted by Gasteiger charge is -2.23. The molecule has 0 amide bonds. The Hall–Kier alpha value is -1.28. The van der Waals surface area contributed by atoms with Gasteiger partial charge in [0.15, 0.2) is 0 Å². The number of carbonyl (C=O) groups excluding carboxylic acids is 1. The number of ether oxygens (including phenoxy) is 1. The highest BCUT2D eigenvalue weighted by Gasteiger charge is 2.44. The molecule has 9 heteroatoms. The Balaban J connectivity index is 3.11. The Kier molecular flexibility index (Phi) is 5.18. The van der Waals surface area contributed by atoms with Gasteiger partial charge < -0.3 is 4.74 Å². The van der Waals surface area contributed by atoms with Crippen molar-refractivity contribution in [2.24, 2.45) is 0 Å². The summed E-state index contributed by atoms with van der Waals surface area (Å²) >= 11 is 5.91. The molecular formula is C13H14ClF3O4S. The molecule has 0 aliphatic heterocycles. The molecule has 1 rings (SSSR count). The highest BCUT2D eigenvalue weighted by atomic mass is 35.5. The molecule has 1 aliphatic rings. The molecule has 0 saturated heterocycles. The van der Waals surface area contributed by atoms with Crippen molar-refractivity contribution in [1.82, 2.24) is 0 Å². The van der Waals surface area contributed by atoms with Crippen molar-refractivity contribution in [2.45, 2.75) is 37.3 Å². The molecule has 0 radical (unpaired) electrons. The van der Waals surface area contributed by atoms with E-state index >= 15 is 0 Å². The van der Waals surface area contributed by atoms with Gasteiger partial charge in [0.05, 0.1) is 11.0 Å². The van der Waals surface area contributed by atoms with E-state index in [0.29, 0.717) is 0 Å². The zero-order chi connectivity index (χ0) is 17.3. The molecule has 0 aromatic heterocycles. The lowest BCUT2D eigenvalue weighted by Crippen LogP contribution is -2.29. The Bertz CT molecular complexity index is 652. The fourth-order valence-electron chi connectivity index (χ4n) is 1.46. The zero-order valence-corrected chi connectivity index (χ0v) is 13.5. The minimum Gasteiger partial charge on any atom is -0.457 e. The predicted molar refractivity (Wildman–Crippen MR) is 75.8 cm³/mol. The molecule has 0 aromatic carbocycles. The maximum atomic E-state index is 12.4. The van der Waals surface area contributed by atoms with E-state index < -0.39 is 32.3 Å². The van der Waals surface area contributed by atoms with Gasteiger partial charge in [-0.1, -0.05) is 12.2 Å². The maximum absolute atomic E-state index is 12.4. The van der Waals surface area contributed by atoms with E-state index in [2.05, 4.69) is 0 Å². The van der Waals surface area contributed by atoms with Gasteiger partial charge in [0, 0.05) is 5.41 Å². The second-order valence-corrected chi connectivity index (χ2v) is 7.68. The Labute approximate surface area is 131 Å². The molecule has 0 N–H and O–H groups in total. The van der Waals surface area contributed by atoms with Gasteiger partial charge in [0.2, 0.25) is 0 Å². The van der Waals surface area contributed by atoms with Crippen LogP contribution in [0.4, 0.5) is 13.2 Å². The number of halogens is 4. The van der Waals surface area contributed by atoms with Crippen LogP contribution in [-0.2, 0) is 19.4 Å². The van der Waals surface area contributed by atoms with Crippen molar-refractivity contribution in [3.05, 3.63) is 34.8 Å². The van der Waals surface area contributed by atoms with Crippen molar-refractivity contribution in [1.29, 1.82) is 0 Å². The van der Waals surface area contributed by atoms with Crippen LogP contribution < -0.4 is 0 Å². The lowest BCUT2D eigenvalue weighted by atomic mass is 10.0. The molecule has 0 bridgehead atoms. The predicted octanol–water partition coefficient (Wildman–Crippen LogP) is 3.25. The molecule has 1 aliphatic carbocycles. The van der Waals surface area contributed by atoms with Crippen molar-refractivity contribution in [3.8, 4) is 0 Å². The van der Waals surface area contributed by atoms with Gasteiger partial charge >= 0.3 is 11.5 Å². The van der Waals surface area contributed by atoms with Crippen LogP contribution in [0.5, 0.6) is 0 Å². The smallest absolute Gasteiger partial charge is 0.457 e. The van der Waals surface area contributed by atoms with Gasteiger partial charge in [0.1, 0.15) is 5.60 Å². The van der Waals surface area contributed by atoms with Crippen molar-refractivity contribution >= 4 is 27.4 Å². The van der Waals surface area contributed by atoms with E-state index in [9.17, 15) is 26.4 Å². The maximum Gasteiger partial charge on any atom is 0.501 e. The van der Waals surface area contributed by atoms with E-state index in [1.807, 2.05) is 0 Å². The first kappa shape index (κ1) is 18.8. The second kappa shape index (κ2) is 6.08. The first-order chi connectivity index (χ1) is 9.74.